The van der Waals surface area contributed by atoms with Crippen LogP contribution in [0.15, 0.2) is 60.4 Å². The number of allylic oxidation sites excluding steroid dienone is 1. The van der Waals surface area contributed by atoms with E-state index in [2.05, 4.69) is 4.90 Å². The number of carbonyl (C=O) groups is 1. The van der Waals surface area contributed by atoms with Crippen molar-refractivity contribution in [1.82, 2.24) is 4.90 Å². The van der Waals surface area contributed by atoms with Crippen molar-refractivity contribution in [2.45, 2.75) is 20.0 Å². The summed E-state index contributed by atoms with van der Waals surface area (Å²) in [6.45, 7) is 3.48. The molecule has 0 amide bonds. The van der Waals surface area contributed by atoms with Gasteiger partial charge in [-0.05, 0) is 54.0 Å². The van der Waals surface area contributed by atoms with Crippen molar-refractivity contribution in [2.24, 2.45) is 0 Å². The quantitative estimate of drug-likeness (QED) is 0.490. The molecule has 3 aromatic rings. The third kappa shape index (κ3) is 3.71. The van der Waals surface area contributed by atoms with Crippen LogP contribution in [0.4, 0.5) is 4.39 Å². The highest BCUT2D eigenvalue weighted by molar-refractivity contribution is 6.31. The average Bonchev–Trinajstić information content (AvgIpc) is 3.09. The summed E-state index contributed by atoms with van der Waals surface area (Å²) in [6.07, 6.45) is 1.64. The Balaban J connectivity index is 1.47. The molecule has 0 N–H and O–H groups in total. The Bertz CT molecular complexity index is 1220. The molecule has 5 rings (SSSR count). The number of fused-ring (bicyclic) bond motifs is 3. The predicted octanol–water partition coefficient (Wildman–Crippen LogP) is 5.76. The molecule has 0 bridgehead atoms. The monoisotopic (exact) mass is 435 g/mol. The molecule has 2 aliphatic heterocycles. The molecule has 4 nitrogen and oxygen atoms in total. The number of carbonyl (C=O) groups excluding carboxylic acids is 1. The third-order valence-corrected chi connectivity index (χ3v) is 5.88. The lowest BCUT2D eigenvalue weighted by Crippen LogP contribution is -2.32. The van der Waals surface area contributed by atoms with E-state index >= 15 is 0 Å². The molecule has 2 heterocycles. The van der Waals surface area contributed by atoms with Crippen LogP contribution in [-0.4, -0.2) is 17.4 Å². The number of rotatable bonds is 3. The van der Waals surface area contributed by atoms with Crippen LogP contribution in [-0.2, 0) is 13.1 Å². The Kier molecular flexibility index (Phi) is 5.00. The van der Waals surface area contributed by atoms with E-state index in [4.69, 9.17) is 21.1 Å². The van der Waals surface area contributed by atoms with E-state index in [9.17, 15) is 9.18 Å². The highest BCUT2D eigenvalue weighted by Gasteiger charge is 2.35. The molecule has 0 aromatic heterocycles. The molecule has 0 atom stereocenters. The van der Waals surface area contributed by atoms with Crippen molar-refractivity contribution < 1.29 is 18.7 Å². The maximum Gasteiger partial charge on any atom is 0.232 e. The summed E-state index contributed by atoms with van der Waals surface area (Å²) in [5.74, 6) is 0.980. The number of benzene rings is 3. The molecule has 0 saturated carbocycles. The standard InChI is InChI=1S/C25H19ClFNO3/c1-15-10-21-19(13-28(14-30-21)12-17-4-2-3-5-20(17)26)25-23(15)24(29)22(31-25)11-16-6-8-18(27)9-7-16/h2-11H,12-14H2,1H3/b22-11-. The predicted molar refractivity (Wildman–Crippen MR) is 117 cm³/mol. The van der Waals surface area contributed by atoms with Gasteiger partial charge in [0, 0.05) is 18.1 Å². The molecule has 0 fully saturated rings. The lowest BCUT2D eigenvalue weighted by molar-refractivity contribution is 0.0872. The Hall–Kier alpha value is -3.15. The van der Waals surface area contributed by atoms with Gasteiger partial charge in [0.2, 0.25) is 5.78 Å². The largest absolute Gasteiger partial charge is 0.478 e. The molecule has 2 aliphatic rings. The fourth-order valence-corrected chi connectivity index (χ4v) is 4.15. The summed E-state index contributed by atoms with van der Waals surface area (Å²) in [7, 11) is 0. The topological polar surface area (TPSA) is 38.8 Å². The number of hydrogen-bond acceptors (Lipinski definition) is 4. The highest BCUT2D eigenvalue weighted by atomic mass is 35.5. The number of ketones is 1. The summed E-state index contributed by atoms with van der Waals surface area (Å²) >= 11 is 6.32. The first-order valence-corrected chi connectivity index (χ1v) is 10.3. The van der Waals surface area contributed by atoms with Crippen molar-refractivity contribution in [2.75, 3.05) is 6.73 Å². The summed E-state index contributed by atoms with van der Waals surface area (Å²) in [4.78, 5) is 15.2. The summed E-state index contributed by atoms with van der Waals surface area (Å²) in [6, 6.07) is 15.5. The van der Waals surface area contributed by atoms with E-state index in [1.54, 1.807) is 18.2 Å². The second-order valence-electron chi connectivity index (χ2n) is 7.72. The van der Waals surface area contributed by atoms with Gasteiger partial charge < -0.3 is 9.47 Å². The lowest BCUT2D eigenvalue weighted by atomic mass is 9.98. The van der Waals surface area contributed by atoms with E-state index in [0.717, 1.165) is 22.4 Å². The summed E-state index contributed by atoms with van der Waals surface area (Å²) < 4.78 is 25.2. The van der Waals surface area contributed by atoms with Gasteiger partial charge in [0.1, 0.15) is 24.0 Å². The van der Waals surface area contributed by atoms with Crippen molar-refractivity contribution in [3.8, 4) is 11.5 Å². The molecule has 0 spiro atoms. The summed E-state index contributed by atoms with van der Waals surface area (Å²) in [5, 5.41) is 0.707. The number of nitrogens with zero attached hydrogens (tertiary/aromatic N) is 1. The highest BCUT2D eigenvalue weighted by Crippen LogP contribution is 2.44. The maximum absolute atomic E-state index is 13.2. The van der Waals surface area contributed by atoms with Crippen LogP contribution in [0.5, 0.6) is 11.5 Å². The minimum absolute atomic E-state index is 0.178. The van der Waals surface area contributed by atoms with Crippen LogP contribution < -0.4 is 9.47 Å². The van der Waals surface area contributed by atoms with E-state index in [-0.39, 0.29) is 17.4 Å². The van der Waals surface area contributed by atoms with E-state index in [0.29, 0.717) is 41.7 Å². The first kappa shape index (κ1) is 19.8. The van der Waals surface area contributed by atoms with Crippen molar-refractivity contribution >= 4 is 23.5 Å². The summed E-state index contributed by atoms with van der Waals surface area (Å²) in [5.41, 5.74) is 3.90. The zero-order valence-corrected chi connectivity index (χ0v) is 17.6. The minimum Gasteiger partial charge on any atom is -0.478 e. The van der Waals surface area contributed by atoms with Gasteiger partial charge in [-0.1, -0.05) is 41.9 Å². The van der Waals surface area contributed by atoms with Gasteiger partial charge in [-0.3, -0.25) is 9.69 Å². The van der Waals surface area contributed by atoms with Gasteiger partial charge in [-0.15, -0.1) is 0 Å². The van der Waals surface area contributed by atoms with Crippen LogP contribution >= 0.6 is 11.6 Å². The molecule has 0 unspecified atom stereocenters. The van der Waals surface area contributed by atoms with E-state index in [1.807, 2.05) is 37.3 Å². The lowest BCUT2D eigenvalue weighted by Gasteiger charge is -2.30. The number of aryl methyl sites for hydroxylation is 1. The Morgan fingerprint density at radius 1 is 1.16 bits per heavy atom. The SMILES string of the molecule is Cc1cc2c(c3c1C(=O)/C(=C/c1ccc(F)cc1)O3)CN(Cc1ccccc1Cl)CO2. The van der Waals surface area contributed by atoms with Gasteiger partial charge in [0.15, 0.2) is 5.76 Å². The fraction of sp³-hybridized carbons (Fsp3) is 0.160. The Morgan fingerprint density at radius 3 is 2.71 bits per heavy atom. The smallest absolute Gasteiger partial charge is 0.232 e. The second-order valence-corrected chi connectivity index (χ2v) is 8.12. The first-order chi connectivity index (χ1) is 15.0. The van der Waals surface area contributed by atoms with Gasteiger partial charge in [0.25, 0.3) is 0 Å². The zero-order valence-electron chi connectivity index (χ0n) is 16.8. The van der Waals surface area contributed by atoms with Gasteiger partial charge in [0.05, 0.1) is 11.1 Å². The van der Waals surface area contributed by atoms with Gasteiger partial charge >= 0.3 is 0 Å². The third-order valence-electron chi connectivity index (χ3n) is 5.51. The normalized spacial score (nSPS) is 16.6. The molecule has 6 heteroatoms. The van der Waals surface area contributed by atoms with Crippen molar-refractivity contribution in [3.63, 3.8) is 0 Å². The van der Waals surface area contributed by atoms with E-state index in [1.165, 1.54) is 12.1 Å². The number of Topliss-reactive ketones (excluding diaryl/α,β-unsaturated/α-hetero) is 1. The number of hydrogen-bond donors (Lipinski definition) is 0. The molecule has 156 valence electrons. The number of ether oxygens (including phenoxy) is 2. The Labute approximate surface area is 184 Å². The van der Waals surface area contributed by atoms with Crippen molar-refractivity contribution in [1.29, 1.82) is 0 Å². The van der Waals surface area contributed by atoms with Crippen LogP contribution in [0.1, 0.15) is 32.6 Å². The zero-order chi connectivity index (χ0) is 21.5. The molecular weight excluding hydrogens is 417 g/mol. The second kappa shape index (κ2) is 7.84. The van der Waals surface area contributed by atoms with Crippen LogP contribution in [0, 0.1) is 12.7 Å². The molecule has 3 aromatic carbocycles. The molecule has 0 aliphatic carbocycles. The average molecular weight is 436 g/mol. The van der Waals surface area contributed by atoms with E-state index < -0.39 is 0 Å². The van der Waals surface area contributed by atoms with Crippen LogP contribution in [0.3, 0.4) is 0 Å². The molecule has 0 radical (unpaired) electrons. The van der Waals surface area contributed by atoms with Crippen molar-refractivity contribution in [3.05, 3.63) is 99.0 Å². The minimum atomic E-state index is -0.329. The van der Waals surface area contributed by atoms with Crippen LogP contribution in [0.2, 0.25) is 5.02 Å². The maximum atomic E-state index is 13.2. The van der Waals surface area contributed by atoms with Gasteiger partial charge in [-0.25, -0.2) is 4.39 Å². The molecule has 31 heavy (non-hydrogen) atoms. The fourth-order valence-electron chi connectivity index (χ4n) is 3.96. The Morgan fingerprint density at radius 2 is 1.94 bits per heavy atom. The molecule has 0 saturated heterocycles. The number of halogens is 2. The van der Waals surface area contributed by atoms with Crippen LogP contribution in [0.25, 0.3) is 6.08 Å². The molecular formula is C25H19ClFNO3. The van der Waals surface area contributed by atoms with Gasteiger partial charge in [-0.2, -0.15) is 0 Å². The first-order valence-electron chi connectivity index (χ1n) is 9.94.